The smallest absolute Gasteiger partial charge is 0.226 e. The van der Waals surface area contributed by atoms with Gasteiger partial charge in [0.1, 0.15) is 12.0 Å². The van der Waals surface area contributed by atoms with Gasteiger partial charge in [-0.2, -0.15) is 0 Å². The predicted octanol–water partition coefficient (Wildman–Crippen LogP) is 1.05. The Balaban J connectivity index is 1.96. The van der Waals surface area contributed by atoms with Gasteiger partial charge in [-0.05, 0) is 32.7 Å². The molecule has 1 aliphatic carbocycles. The van der Waals surface area contributed by atoms with Crippen molar-refractivity contribution in [1.29, 1.82) is 0 Å². The van der Waals surface area contributed by atoms with Crippen molar-refractivity contribution in [2.45, 2.75) is 44.3 Å². The third-order valence-corrected chi connectivity index (χ3v) is 3.64. The lowest BCUT2D eigenvalue weighted by Crippen LogP contribution is -2.38. The minimum absolute atomic E-state index is 0.334. The third-order valence-electron chi connectivity index (χ3n) is 3.64. The first-order chi connectivity index (χ1) is 8.56. The quantitative estimate of drug-likeness (QED) is 0.840. The summed E-state index contributed by atoms with van der Waals surface area (Å²) in [6.45, 7) is 0.579. The van der Waals surface area contributed by atoms with Crippen molar-refractivity contribution < 1.29 is 9.52 Å². The van der Waals surface area contributed by atoms with Crippen LogP contribution < -0.4 is 11.2 Å². The number of rotatable bonds is 3. The molecule has 3 N–H and O–H groups in total. The van der Waals surface area contributed by atoms with Gasteiger partial charge in [0.15, 0.2) is 5.75 Å². The highest BCUT2D eigenvalue weighted by Crippen LogP contribution is 2.22. The molecule has 0 saturated heterocycles. The Labute approximate surface area is 106 Å². The van der Waals surface area contributed by atoms with Crippen molar-refractivity contribution in [3.8, 4) is 5.75 Å². The van der Waals surface area contributed by atoms with E-state index in [-0.39, 0.29) is 5.75 Å². The molecule has 0 unspecified atom stereocenters. The lowest BCUT2D eigenvalue weighted by molar-refractivity contribution is 0.164. The van der Waals surface area contributed by atoms with Crippen molar-refractivity contribution in [2.75, 3.05) is 7.05 Å². The molecule has 0 aromatic carbocycles. The van der Waals surface area contributed by atoms with Gasteiger partial charge in [0.05, 0.1) is 6.54 Å². The summed E-state index contributed by atoms with van der Waals surface area (Å²) in [6.07, 6.45) is 5.37. The summed E-state index contributed by atoms with van der Waals surface area (Å²) in [7, 11) is 2.02. The zero-order valence-electron chi connectivity index (χ0n) is 10.6. The molecule has 1 heterocycles. The molecule has 5 nitrogen and oxygen atoms in total. The van der Waals surface area contributed by atoms with E-state index in [9.17, 15) is 4.79 Å². The van der Waals surface area contributed by atoms with Crippen LogP contribution in [0.1, 0.15) is 31.4 Å². The van der Waals surface area contributed by atoms with Gasteiger partial charge < -0.3 is 15.3 Å². The first kappa shape index (κ1) is 13.1. The van der Waals surface area contributed by atoms with Crippen LogP contribution in [0.3, 0.4) is 0 Å². The van der Waals surface area contributed by atoms with Gasteiger partial charge in [-0.25, -0.2) is 0 Å². The minimum Gasteiger partial charge on any atom is -0.502 e. The van der Waals surface area contributed by atoms with Crippen molar-refractivity contribution in [2.24, 2.45) is 5.73 Å². The molecule has 0 amide bonds. The molecule has 1 aromatic heterocycles. The summed E-state index contributed by atoms with van der Waals surface area (Å²) < 4.78 is 5.21. The lowest BCUT2D eigenvalue weighted by atomic mass is 9.91. The first-order valence-electron chi connectivity index (χ1n) is 6.33. The largest absolute Gasteiger partial charge is 0.502 e. The average Bonchev–Trinajstić information content (AvgIpc) is 2.34. The first-order valence-corrected chi connectivity index (χ1v) is 6.33. The maximum Gasteiger partial charge on any atom is 0.226 e. The number of hydrogen-bond acceptors (Lipinski definition) is 5. The zero-order chi connectivity index (χ0) is 13.1. The Kier molecular flexibility index (Phi) is 4.04. The standard InChI is InChI=1S/C13H20N2O3/c1-15(10-4-2-9(14)3-5-10)7-11-6-12(16)13(17)8-18-11/h6,8-10,17H,2-5,7,14H2,1H3. The molecule has 2 rings (SSSR count). The topological polar surface area (TPSA) is 79.7 Å². The van der Waals surface area contributed by atoms with Crippen LogP contribution in [0, 0.1) is 0 Å². The molecule has 100 valence electrons. The van der Waals surface area contributed by atoms with Crippen LogP contribution in [0.4, 0.5) is 0 Å². The molecule has 1 aliphatic rings. The van der Waals surface area contributed by atoms with Crippen LogP contribution >= 0.6 is 0 Å². The molecule has 18 heavy (non-hydrogen) atoms. The molecular weight excluding hydrogens is 232 g/mol. The number of nitrogens with two attached hydrogens (primary N) is 1. The molecule has 0 spiro atoms. The Morgan fingerprint density at radius 2 is 2.11 bits per heavy atom. The maximum atomic E-state index is 11.3. The Hall–Kier alpha value is -1.33. The molecule has 0 radical (unpaired) electrons. The van der Waals surface area contributed by atoms with Gasteiger partial charge in [0.25, 0.3) is 0 Å². The second-order valence-electron chi connectivity index (χ2n) is 5.08. The third kappa shape index (κ3) is 3.11. The number of nitrogens with zero attached hydrogens (tertiary/aromatic N) is 1. The van der Waals surface area contributed by atoms with E-state index in [0.29, 0.717) is 24.4 Å². The van der Waals surface area contributed by atoms with Crippen LogP contribution in [-0.2, 0) is 6.54 Å². The summed E-state index contributed by atoms with van der Waals surface area (Å²) >= 11 is 0. The summed E-state index contributed by atoms with van der Waals surface area (Å²) in [5.74, 6) is 0.236. The van der Waals surface area contributed by atoms with Crippen LogP contribution in [-0.4, -0.2) is 29.1 Å². The summed E-state index contributed by atoms with van der Waals surface area (Å²) in [6, 6.07) is 2.17. The lowest BCUT2D eigenvalue weighted by Gasteiger charge is -2.33. The van der Waals surface area contributed by atoms with E-state index in [0.717, 1.165) is 31.9 Å². The highest BCUT2D eigenvalue weighted by atomic mass is 16.4. The molecule has 0 bridgehead atoms. The fourth-order valence-corrected chi connectivity index (χ4v) is 2.44. The molecular formula is C13H20N2O3. The molecule has 1 aromatic rings. The highest BCUT2D eigenvalue weighted by molar-refractivity contribution is 5.15. The van der Waals surface area contributed by atoms with Gasteiger partial charge in [0.2, 0.25) is 5.43 Å². The van der Waals surface area contributed by atoms with Gasteiger partial charge >= 0.3 is 0 Å². The van der Waals surface area contributed by atoms with Crippen LogP contribution in [0.2, 0.25) is 0 Å². The number of hydrogen-bond donors (Lipinski definition) is 2. The molecule has 0 aliphatic heterocycles. The van der Waals surface area contributed by atoms with E-state index in [1.165, 1.54) is 6.07 Å². The van der Waals surface area contributed by atoms with Crippen LogP contribution in [0.15, 0.2) is 21.5 Å². The van der Waals surface area contributed by atoms with Crippen molar-refractivity contribution in [3.63, 3.8) is 0 Å². The van der Waals surface area contributed by atoms with E-state index in [1.807, 2.05) is 7.05 Å². The Bertz CT molecular complexity index is 450. The van der Waals surface area contributed by atoms with E-state index in [2.05, 4.69) is 4.90 Å². The summed E-state index contributed by atoms with van der Waals surface area (Å²) in [4.78, 5) is 13.5. The van der Waals surface area contributed by atoms with E-state index in [1.54, 1.807) is 0 Å². The Morgan fingerprint density at radius 3 is 2.72 bits per heavy atom. The Morgan fingerprint density at radius 1 is 1.44 bits per heavy atom. The summed E-state index contributed by atoms with van der Waals surface area (Å²) in [5.41, 5.74) is 5.49. The van der Waals surface area contributed by atoms with Crippen molar-refractivity contribution in [3.05, 3.63) is 28.3 Å². The predicted molar refractivity (Wildman–Crippen MR) is 68.3 cm³/mol. The SMILES string of the molecule is CN(Cc1cc(=O)c(O)co1)C1CCC(N)CC1. The number of aromatic hydroxyl groups is 1. The fraction of sp³-hybridized carbons (Fsp3) is 0.615. The summed E-state index contributed by atoms with van der Waals surface area (Å²) in [5, 5.41) is 9.12. The van der Waals surface area contributed by atoms with Gasteiger partial charge in [0, 0.05) is 18.2 Å². The van der Waals surface area contributed by atoms with Gasteiger partial charge in [-0.1, -0.05) is 0 Å². The minimum atomic E-state index is -0.393. The monoisotopic (exact) mass is 252 g/mol. The molecule has 1 saturated carbocycles. The van der Waals surface area contributed by atoms with Crippen molar-refractivity contribution in [1.82, 2.24) is 4.90 Å². The zero-order valence-corrected chi connectivity index (χ0v) is 10.6. The molecule has 5 heteroatoms. The second kappa shape index (κ2) is 5.54. The maximum absolute atomic E-state index is 11.3. The van der Waals surface area contributed by atoms with Gasteiger partial charge in [-0.15, -0.1) is 0 Å². The highest BCUT2D eigenvalue weighted by Gasteiger charge is 2.22. The van der Waals surface area contributed by atoms with Crippen molar-refractivity contribution >= 4 is 0 Å². The van der Waals surface area contributed by atoms with Crippen LogP contribution in [0.25, 0.3) is 0 Å². The fourth-order valence-electron chi connectivity index (χ4n) is 2.44. The average molecular weight is 252 g/mol. The normalized spacial score (nSPS) is 24.4. The van der Waals surface area contributed by atoms with E-state index < -0.39 is 5.43 Å². The van der Waals surface area contributed by atoms with E-state index >= 15 is 0 Å². The molecule has 1 fully saturated rings. The molecule has 0 atom stereocenters. The van der Waals surface area contributed by atoms with Gasteiger partial charge in [-0.3, -0.25) is 9.69 Å². The van der Waals surface area contributed by atoms with E-state index in [4.69, 9.17) is 15.3 Å². The second-order valence-corrected chi connectivity index (χ2v) is 5.08. The van der Waals surface area contributed by atoms with Crippen LogP contribution in [0.5, 0.6) is 5.75 Å².